The summed E-state index contributed by atoms with van der Waals surface area (Å²) in [4.78, 5) is 16.0. The van der Waals surface area contributed by atoms with E-state index in [0.717, 1.165) is 28.8 Å². The number of rotatable bonds is 4. The van der Waals surface area contributed by atoms with Crippen molar-refractivity contribution in [3.05, 3.63) is 18.2 Å². The Bertz CT molecular complexity index is 590. The maximum absolute atomic E-state index is 11.7. The van der Waals surface area contributed by atoms with Crippen molar-refractivity contribution >= 4 is 32.6 Å². The first kappa shape index (κ1) is 11.5. The van der Waals surface area contributed by atoms with E-state index in [-0.39, 0.29) is 11.8 Å². The fourth-order valence-electron chi connectivity index (χ4n) is 1.77. The summed E-state index contributed by atoms with van der Waals surface area (Å²) in [5.74, 6) is 1.14. The Morgan fingerprint density at radius 3 is 3.11 bits per heavy atom. The van der Waals surface area contributed by atoms with Crippen molar-refractivity contribution in [2.45, 2.75) is 19.8 Å². The molecular weight excluding hydrogens is 248 g/mol. The van der Waals surface area contributed by atoms with Gasteiger partial charge in [0, 0.05) is 5.92 Å². The molecule has 1 amide bonds. The molecule has 1 aromatic heterocycles. The smallest absolute Gasteiger partial charge is 0.229 e. The largest absolute Gasteiger partial charge is 0.494 e. The first-order valence-corrected chi connectivity index (χ1v) is 6.92. The van der Waals surface area contributed by atoms with E-state index in [1.165, 1.54) is 11.3 Å². The summed E-state index contributed by atoms with van der Waals surface area (Å²) in [6, 6.07) is 5.78. The molecule has 5 heteroatoms. The number of nitrogens with zero attached hydrogens (tertiary/aromatic N) is 1. The number of hydrogen-bond acceptors (Lipinski definition) is 4. The number of carbonyl (C=O) groups excluding carboxylic acids is 1. The van der Waals surface area contributed by atoms with Gasteiger partial charge in [0.05, 0.1) is 16.8 Å². The Kier molecular flexibility index (Phi) is 2.91. The van der Waals surface area contributed by atoms with Crippen LogP contribution in [0.5, 0.6) is 5.75 Å². The van der Waals surface area contributed by atoms with Gasteiger partial charge in [0.25, 0.3) is 0 Å². The van der Waals surface area contributed by atoms with E-state index in [4.69, 9.17) is 4.74 Å². The molecule has 1 aromatic carbocycles. The van der Waals surface area contributed by atoms with Gasteiger partial charge in [-0.25, -0.2) is 4.98 Å². The molecule has 0 spiro atoms. The van der Waals surface area contributed by atoms with Crippen LogP contribution in [0.3, 0.4) is 0 Å². The number of hydrogen-bond donors (Lipinski definition) is 1. The Morgan fingerprint density at radius 1 is 1.56 bits per heavy atom. The van der Waals surface area contributed by atoms with Crippen LogP contribution < -0.4 is 10.1 Å². The van der Waals surface area contributed by atoms with Crippen molar-refractivity contribution in [1.29, 1.82) is 0 Å². The average molecular weight is 262 g/mol. The minimum Gasteiger partial charge on any atom is -0.494 e. The first-order valence-electron chi connectivity index (χ1n) is 6.10. The average Bonchev–Trinajstić information content (AvgIpc) is 3.11. The zero-order valence-electron chi connectivity index (χ0n) is 10.1. The molecule has 18 heavy (non-hydrogen) atoms. The highest BCUT2D eigenvalue weighted by molar-refractivity contribution is 7.22. The molecule has 94 valence electrons. The van der Waals surface area contributed by atoms with Crippen LogP contribution in [0.4, 0.5) is 5.13 Å². The standard InChI is InChI=1S/C13H14N2O2S/c1-2-17-9-5-6-10-11(7-9)18-13(14-10)15-12(16)8-3-4-8/h5-8H,2-4H2,1H3,(H,14,15,16). The molecule has 4 nitrogen and oxygen atoms in total. The topological polar surface area (TPSA) is 51.2 Å². The zero-order chi connectivity index (χ0) is 12.5. The zero-order valence-corrected chi connectivity index (χ0v) is 10.9. The highest BCUT2D eigenvalue weighted by Gasteiger charge is 2.30. The Hall–Kier alpha value is -1.62. The Balaban J connectivity index is 1.83. The number of thiazole rings is 1. The lowest BCUT2D eigenvalue weighted by Gasteiger charge is -2.00. The maximum atomic E-state index is 11.7. The molecule has 1 fully saturated rings. The predicted molar refractivity (Wildman–Crippen MR) is 72.1 cm³/mol. The third-order valence-electron chi connectivity index (χ3n) is 2.85. The Morgan fingerprint density at radius 2 is 2.39 bits per heavy atom. The molecule has 0 atom stereocenters. The molecule has 1 heterocycles. The minimum absolute atomic E-state index is 0.0964. The van der Waals surface area contributed by atoms with Gasteiger partial charge in [0.2, 0.25) is 5.91 Å². The molecule has 1 aliphatic carbocycles. The summed E-state index contributed by atoms with van der Waals surface area (Å²) in [6.45, 7) is 2.60. The number of aromatic nitrogens is 1. The van der Waals surface area contributed by atoms with Crippen LogP contribution in [0.15, 0.2) is 18.2 Å². The molecule has 0 radical (unpaired) electrons. The molecule has 1 aliphatic rings. The van der Waals surface area contributed by atoms with Gasteiger partial charge in [-0.15, -0.1) is 0 Å². The number of ether oxygens (including phenoxy) is 1. The van der Waals surface area contributed by atoms with Crippen molar-refractivity contribution in [2.24, 2.45) is 5.92 Å². The van der Waals surface area contributed by atoms with Crippen molar-refractivity contribution in [2.75, 3.05) is 11.9 Å². The van der Waals surface area contributed by atoms with Crippen LogP contribution in [0.1, 0.15) is 19.8 Å². The van der Waals surface area contributed by atoms with Crippen molar-refractivity contribution in [3.8, 4) is 5.75 Å². The van der Waals surface area contributed by atoms with Gasteiger partial charge in [-0.3, -0.25) is 4.79 Å². The van der Waals surface area contributed by atoms with E-state index in [1.807, 2.05) is 25.1 Å². The van der Waals surface area contributed by atoms with Gasteiger partial charge < -0.3 is 10.1 Å². The highest BCUT2D eigenvalue weighted by atomic mass is 32.1. The second-order valence-corrected chi connectivity index (χ2v) is 5.38. The van der Waals surface area contributed by atoms with Crippen molar-refractivity contribution < 1.29 is 9.53 Å². The van der Waals surface area contributed by atoms with E-state index < -0.39 is 0 Å². The molecule has 0 unspecified atom stereocenters. The number of amides is 1. The number of fused-ring (bicyclic) bond motifs is 1. The monoisotopic (exact) mass is 262 g/mol. The maximum Gasteiger partial charge on any atom is 0.229 e. The first-order chi connectivity index (χ1) is 8.76. The van der Waals surface area contributed by atoms with E-state index in [1.54, 1.807) is 0 Å². The van der Waals surface area contributed by atoms with Crippen LogP contribution in [0.25, 0.3) is 10.2 Å². The normalized spacial score (nSPS) is 14.7. The van der Waals surface area contributed by atoms with Gasteiger partial charge in [0.1, 0.15) is 5.75 Å². The van der Waals surface area contributed by atoms with Gasteiger partial charge in [-0.05, 0) is 38.0 Å². The minimum atomic E-state index is 0.0964. The molecule has 1 N–H and O–H groups in total. The fourth-order valence-corrected chi connectivity index (χ4v) is 2.67. The molecule has 2 aromatic rings. The summed E-state index contributed by atoms with van der Waals surface area (Å²) >= 11 is 1.49. The lowest BCUT2D eigenvalue weighted by molar-refractivity contribution is -0.117. The van der Waals surface area contributed by atoms with Gasteiger partial charge in [0.15, 0.2) is 5.13 Å². The quantitative estimate of drug-likeness (QED) is 0.921. The van der Waals surface area contributed by atoms with E-state index in [9.17, 15) is 4.79 Å². The summed E-state index contributed by atoms with van der Waals surface area (Å²) in [5.41, 5.74) is 0.898. The third kappa shape index (κ3) is 2.31. The van der Waals surface area contributed by atoms with Crippen LogP contribution in [-0.4, -0.2) is 17.5 Å². The van der Waals surface area contributed by atoms with Crippen LogP contribution >= 0.6 is 11.3 Å². The second kappa shape index (κ2) is 4.57. The molecule has 0 aliphatic heterocycles. The summed E-state index contributed by atoms with van der Waals surface area (Å²) in [6.07, 6.45) is 2.01. The number of nitrogens with one attached hydrogen (secondary N) is 1. The lowest BCUT2D eigenvalue weighted by Crippen LogP contribution is -2.12. The van der Waals surface area contributed by atoms with Crippen LogP contribution in [-0.2, 0) is 4.79 Å². The van der Waals surface area contributed by atoms with Gasteiger partial charge in [-0.1, -0.05) is 11.3 Å². The summed E-state index contributed by atoms with van der Waals surface area (Å²) < 4.78 is 6.48. The molecule has 0 saturated heterocycles. The molecule has 3 rings (SSSR count). The van der Waals surface area contributed by atoms with Crippen molar-refractivity contribution in [1.82, 2.24) is 4.98 Å². The van der Waals surface area contributed by atoms with Crippen LogP contribution in [0, 0.1) is 5.92 Å². The van der Waals surface area contributed by atoms with E-state index in [2.05, 4.69) is 10.3 Å². The van der Waals surface area contributed by atoms with Crippen molar-refractivity contribution in [3.63, 3.8) is 0 Å². The van der Waals surface area contributed by atoms with Crippen LogP contribution in [0.2, 0.25) is 0 Å². The number of anilines is 1. The Labute approximate surface area is 109 Å². The highest BCUT2D eigenvalue weighted by Crippen LogP contribution is 2.33. The number of benzene rings is 1. The van der Waals surface area contributed by atoms with E-state index in [0.29, 0.717) is 11.7 Å². The fraction of sp³-hybridized carbons (Fsp3) is 0.385. The summed E-state index contributed by atoms with van der Waals surface area (Å²) in [7, 11) is 0. The lowest BCUT2D eigenvalue weighted by atomic mass is 10.3. The number of carbonyl (C=O) groups is 1. The third-order valence-corrected chi connectivity index (χ3v) is 3.78. The molecule has 1 saturated carbocycles. The summed E-state index contributed by atoms with van der Waals surface area (Å²) in [5, 5.41) is 3.55. The van der Waals surface area contributed by atoms with E-state index >= 15 is 0 Å². The molecule has 0 bridgehead atoms. The second-order valence-electron chi connectivity index (χ2n) is 4.35. The SMILES string of the molecule is CCOc1ccc2nc(NC(=O)C3CC3)sc2c1. The predicted octanol–water partition coefficient (Wildman–Crippen LogP) is 3.04. The van der Waals surface area contributed by atoms with Gasteiger partial charge >= 0.3 is 0 Å². The van der Waals surface area contributed by atoms with Gasteiger partial charge in [-0.2, -0.15) is 0 Å². The molecular formula is C13H14N2O2S.